The second-order valence-corrected chi connectivity index (χ2v) is 5.89. The third-order valence-corrected chi connectivity index (χ3v) is 4.00. The molecule has 3 aromatic rings. The van der Waals surface area contributed by atoms with Crippen molar-refractivity contribution >= 4 is 38.7 Å². The van der Waals surface area contributed by atoms with Gasteiger partial charge in [0.2, 0.25) is 5.91 Å². The van der Waals surface area contributed by atoms with E-state index in [0.29, 0.717) is 5.13 Å². The van der Waals surface area contributed by atoms with Crippen molar-refractivity contribution < 1.29 is 9.18 Å². The molecule has 0 aliphatic rings. The van der Waals surface area contributed by atoms with Crippen LogP contribution in [0.5, 0.6) is 0 Å². The van der Waals surface area contributed by atoms with Crippen LogP contribution in [-0.4, -0.2) is 10.9 Å². The van der Waals surface area contributed by atoms with Crippen molar-refractivity contribution in [2.75, 3.05) is 5.32 Å². The Kier molecular flexibility index (Phi) is 3.98. The van der Waals surface area contributed by atoms with Crippen molar-refractivity contribution in [2.45, 2.75) is 6.92 Å². The number of benzene rings is 2. The highest BCUT2D eigenvalue weighted by Crippen LogP contribution is 2.26. The predicted octanol–water partition coefficient (Wildman–Crippen LogP) is 4.40. The number of carbonyl (C=O) groups excluding carboxylic acids is 1. The van der Waals surface area contributed by atoms with E-state index in [2.05, 4.69) is 10.3 Å². The largest absolute Gasteiger partial charge is 0.298 e. The van der Waals surface area contributed by atoms with Gasteiger partial charge in [0.15, 0.2) is 5.13 Å². The summed E-state index contributed by atoms with van der Waals surface area (Å²) in [6.07, 6.45) is 3.04. The minimum absolute atomic E-state index is 0.264. The number of aromatic nitrogens is 1. The van der Waals surface area contributed by atoms with Gasteiger partial charge in [-0.3, -0.25) is 10.1 Å². The van der Waals surface area contributed by atoms with Crippen molar-refractivity contribution in [2.24, 2.45) is 0 Å². The highest BCUT2D eigenvalue weighted by atomic mass is 32.1. The molecule has 0 spiro atoms. The summed E-state index contributed by atoms with van der Waals surface area (Å²) < 4.78 is 13.8. The van der Waals surface area contributed by atoms with Crippen LogP contribution in [0.1, 0.15) is 11.1 Å². The van der Waals surface area contributed by atoms with Gasteiger partial charge in [0.25, 0.3) is 0 Å². The van der Waals surface area contributed by atoms with E-state index in [4.69, 9.17) is 0 Å². The lowest BCUT2D eigenvalue weighted by Gasteiger charge is -1.96. The topological polar surface area (TPSA) is 42.0 Å². The third kappa shape index (κ3) is 3.38. The molecular formula is C17H13FN2OS. The fourth-order valence-electron chi connectivity index (χ4n) is 1.98. The first-order chi connectivity index (χ1) is 10.6. The zero-order valence-electron chi connectivity index (χ0n) is 11.8. The van der Waals surface area contributed by atoms with Crippen molar-refractivity contribution in [1.82, 2.24) is 4.98 Å². The SMILES string of the molecule is Cc1ccc2nc(NC(=O)/C=C/c3ccc(F)cc3)sc2c1. The second-order valence-electron chi connectivity index (χ2n) is 4.86. The number of amides is 1. The van der Waals surface area contributed by atoms with Crippen LogP contribution in [0.15, 0.2) is 48.5 Å². The van der Waals surface area contributed by atoms with Crippen LogP contribution in [0, 0.1) is 12.7 Å². The lowest BCUT2D eigenvalue weighted by atomic mass is 10.2. The van der Waals surface area contributed by atoms with Crippen LogP contribution in [0.2, 0.25) is 0 Å². The summed E-state index contributed by atoms with van der Waals surface area (Å²) in [7, 11) is 0. The number of hydrogen-bond donors (Lipinski definition) is 1. The standard InChI is InChI=1S/C17H13FN2OS/c1-11-2-8-14-15(10-11)22-17(19-14)20-16(21)9-5-12-3-6-13(18)7-4-12/h2-10H,1H3,(H,19,20,21)/b9-5+. The first kappa shape index (κ1) is 14.4. The van der Waals surface area contributed by atoms with Gasteiger partial charge in [0, 0.05) is 6.08 Å². The summed E-state index contributed by atoms with van der Waals surface area (Å²) in [5.41, 5.74) is 2.79. The van der Waals surface area contributed by atoms with Gasteiger partial charge >= 0.3 is 0 Å². The molecule has 3 rings (SSSR count). The molecule has 1 N–H and O–H groups in total. The van der Waals surface area contributed by atoms with Crippen LogP contribution in [0.3, 0.4) is 0 Å². The van der Waals surface area contributed by atoms with Crippen molar-refractivity contribution in [1.29, 1.82) is 0 Å². The molecule has 0 aliphatic heterocycles. The molecule has 0 radical (unpaired) electrons. The Bertz CT molecular complexity index is 853. The molecule has 3 nitrogen and oxygen atoms in total. The van der Waals surface area contributed by atoms with E-state index in [-0.39, 0.29) is 11.7 Å². The molecular weight excluding hydrogens is 299 g/mol. The molecule has 5 heteroatoms. The van der Waals surface area contributed by atoms with Gasteiger partial charge in [-0.05, 0) is 48.4 Å². The van der Waals surface area contributed by atoms with Gasteiger partial charge < -0.3 is 0 Å². The number of aryl methyl sites for hydroxylation is 1. The monoisotopic (exact) mass is 312 g/mol. The lowest BCUT2D eigenvalue weighted by Crippen LogP contribution is -2.07. The molecule has 1 heterocycles. The quantitative estimate of drug-likeness (QED) is 0.729. The van der Waals surface area contributed by atoms with E-state index in [1.807, 2.05) is 25.1 Å². The predicted molar refractivity (Wildman–Crippen MR) is 88.4 cm³/mol. The van der Waals surface area contributed by atoms with Crippen molar-refractivity contribution in [3.63, 3.8) is 0 Å². The summed E-state index contributed by atoms with van der Waals surface area (Å²) in [5, 5.41) is 3.30. The summed E-state index contributed by atoms with van der Waals surface area (Å²) in [5.74, 6) is -0.563. The first-order valence-electron chi connectivity index (χ1n) is 6.72. The van der Waals surface area contributed by atoms with Gasteiger partial charge in [-0.25, -0.2) is 9.37 Å². The molecule has 22 heavy (non-hydrogen) atoms. The van der Waals surface area contributed by atoms with E-state index >= 15 is 0 Å². The molecule has 0 saturated carbocycles. The number of halogens is 1. The van der Waals surface area contributed by atoms with Gasteiger partial charge in [-0.2, -0.15) is 0 Å². The van der Waals surface area contributed by atoms with Crippen molar-refractivity contribution in [3.05, 3.63) is 65.5 Å². The average molecular weight is 312 g/mol. The van der Waals surface area contributed by atoms with Gasteiger partial charge in [-0.15, -0.1) is 0 Å². The Balaban J connectivity index is 1.71. The van der Waals surface area contributed by atoms with E-state index in [1.54, 1.807) is 18.2 Å². The summed E-state index contributed by atoms with van der Waals surface area (Å²) in [6, 6.07) is 11.9. The summed E-state index contributed by atoms with van der Waals surface area (Å²) in [4.78, 5) is 16.3. The molecule has 0 atom stereocenters. The van der Waals surface area contributed by atoms with E-state index < -0.39 is 0 Å². The van der Waals surface area contributed by atoms with Crippen LogP contribution in [-0.2, 0) is 4.79 Å². The fourth-order valence-corrected chi connectivity index (χ4v) is 2.95. The molecule has 0 bridgehead atoms. The van der Waals surface area contributed by atoms with Crippen LogP contribution in [0.4, 0.5) is 9.52 Å². The molecule has 110 valence electrons. The number of thiazole rings is 1. The number of rotatable bonds is 3. The van der Waals surface area contributed by atoms with Gasteiger partial charge in [-0.1, -0.05) is 29.5 Å². The molecule has 1 amide bonds. The molecule has 1 aromatic heterocycles. The maximum Gasteiger partial charge on any atom is 0.250 e. The minimum Gasteiger partial charge on any atom is -0.298 e. The Morgan fingerprint density at radius 1 is 1.23 bits per heavy atom. The number of fused-ring (bicyclic) bond motifs is 1. The van der Waals surface area contributed by atoms with Gasteiger partial charge in [0.1, 0.15) is 5.82 Å². The maximum atomic E-state index is 12.8. The smallest absolute Gasteiger partial charge is 0.250 e. The average Bonchev–Trinajstić information content (AvgIpc) is 2.88. The summed E-state index contributed by atoms with van der Waals surface area (Å²) in [6.45, 7) is 2.02. The Morgan fingerprint density at radius 3 is 2.77 bits per heavy atom. The van der Waals surface area contributed by atoms with Crippen LogP contribution in [0.25, 0.3) is 16.3 Å². The normalized spacial score (nSPS) is 11.2. The molecule has 0 saturated heterocycles. The van der Waals surface area contributed by atoms with E-state index in [0.717, 1.165) is 21.3 Å². The number of carbonyl (C=O) groups is 1. The van der Waals surface area contributed by atoms with E-state index in [1.165, 1.54) is 29.5 Å². The molecule has 2 aromatic carbocycles. The maximum absolute atomic E-state index is 12.8. The number of nitrogens with zero attached hydrogens (tertiary/aromatic N) is 1. The third-order valence-electron chi connectivity index (χ3n) is 3.07. The highest BCUT2D eigenvalue weighted by Gasteiger charge is 2.05. The molecule has 0 aliphatic carbocycles. The fraction of sp³-hybridized carbons (Fsp3) is 0.0588. The summed E-state index contributed by atoms with van der Waals surface area (Å²) >= 11 is 1.44. The van der Waals surface area contributed by atoms with Crippen LogP contribution >= 0.6 is 11.3 Å². The minimum atomic E-state index is -0.300. The number of hydrogen-bond acceptors (Lipinski definition) is 3. The van der Waals surface area contributed by atoms with Crippen molar-refractivity contribution in [3.8, 4) is 0 Å². The zero-order chi connectivity index (χ0) is 15.5. The zero-order valence-corrected chi connectivity index (χ0v) is 12.7. The Hall–Kier alpha value is -2.53. The molecule has 0 fully saturated rings. The lowest BCUT2D eigenvalue weighted by molar-refractivity contribution is -0.111. The first-order valence-corrected chi connectivity index (χ1v) is 7.54. The number of anilines is 1. The van der Waals surface area contributed by atoms with Gasteiger partial charge in [0.05, 0.1) is 10.2 Å². The Labute approximate surface area is 131 Å². The Morgan fingerprint density at radius 2 is 2.00 bits per heavy atom. The highest BCUT2D eigenvalue weighted by molar-refractivity contribution is 7.22. The molecule has 0 unspecified atom stereocenters. The second kappa shape index (κ2) is 6.07. The van der Waals surface area contributed by atoms with E-state index in [9.17, 15) is 9.18 Å². The number of nitrogens with one attached hydrogen (secondary N) is 1. The van der Waals surface area contributed by atoms with Crippen LogP contribution < -0.4 is 5.32 Å².